The Morgan fingerprint density at radius 1 is 1.44 bits per heavy atom. The third-order valence-corrected chi connectivity index (χ3v) is 1.78. The van der Waals surface area contributed by atoms with E-state index in [1.54, 1.807) is 6.07 Å². The smallest absolute Gasteiger partial charge is 0.116 e. The van der Waals surface area contributed by atoms with Gasteiger partial charge in [0, 0.05) is 10.2 Å². The van der Waals surface area contributed by atoms with E-state index in [4.69, 9.17) is 13.6 Å². The van der Waals surface area contributed by atoms with Crippen LogP contribution in [0.1, 0.15) is 0 Å². The molecule has 44 valence electrons. The summed E-state index contributed by atoms with van der Waals surface area (Å²) < 4.78 is 0.850. The number of anilines is 1. The molecule has 0 saturated heterocycles. The molecule has 0 amide bonds. The Labute approximate surface area is 63.8 Å². The quantitative estimate of drug-likeness (QED) is 0.466. The maximum absolute atomic E-state index is 5.51. The van der Waals surface area contributed by atoms with Crippen LogP contribution in [-0.2, 0) is 0 Å². The van der Waals surface area contributed by atoms with Gasteiger partial charge in [-0.05, 0) is 22.0 Å². The van der Waals surface area contributed by atoms with E-state index in [0.717, 1.165) is 4.47 Å². The second kappa shape index (κ2) is 2.44. The molecule has 0 unspecified atom stereocenters. The molecule has 1 nitrogen and oxygen atoms in total. The van der Waals surface area contributed by atoms with Gasteiger partial charge in [0.2, 0.25) is 0 Å². The Bertz CT molecular complexity index is 204. The van der Waals surface area contributed by atoms with Gasteiger partial charge < -0.3 is 5.73 Å². The van der Waals surface area contributed by atoms with Gasteiger partial charge in [0.05, 0.1) is 0 Å². The van der Waals surface area contributed by atoms with Crippen molar-refractivity contribution in [3.8, 4) is 0 Å². The molecule has 0 saturated carbocycles. The molecular weight excluding hydrogens is 177 g/mol. The minimum Gasteiger partial charge on any atom is -0.398 e. The Morgan fingerprint density at radius 3 is 2.56 bits per heavy atom. The number of para-hydroxylation sites is 1. The van der Waals surface area contributed by atoms with E-state index < -0.39 is 0 Å². The van der Waals surface area contributed by atoms with Crippen molar-refractivity contribution < 1.29 is 0 Å². The van der Waals surface area contributed by atoms with E-state index in [-0.39, 0.29) is 0 Å². The fourth-order valence-corrected chi connectivity index (χ4v) is 0.935. The van der Waals surface area contributed by atoms with Crippen molar-refractivity contribution >= 4 is 34.9 Å². The summed E-state index contributed by atoms with van der Waals surface area (Å²) in [6.07, 6.45) is 0. The monoisotopic (exact) mass is 181 g/mol. The van der Waals surface area contributed by atoms with E-state index in [2.05, 4.69) is 15.9 Å². The molecule has 0 aliphatic carbocycles. The minimum absolute atomic E-state index is 0.609. The van der Waals surface area contributed by atoms with Crippen LogP contribution in [0, 0.1) is 0 Å². The lowest BCUT2D eigenvalue weighted by Gasteiger charge is -1.99. The predicted octanol–water partition coefficient (Wildman–Crippen LogP) is 0.825. The SMILES string of the molecule is [B]c1cccc(Br)c1N. The molecule has 1 aromatic carbocycles. The van der Waals surface area contributed by atoms with Gasteiger partial charge in [-0.15, -0.1) is 0 Å². The zero-order chi connectivity index (χ0) is 6.85. The zero-order valence-electron chi connectivity index (χ0n) is 4.76. The highest BCUT2D eigenvalue weighted by Crippen LogP contribution is 2.14. The number of halogens is 1. The number of nitrogen functional groups attached to an aromatic ring is 1. The number of hydrogen-bond acceptors (Lipinski definition) is 1. The number of rotatable bonds is 0. The van der Waals surface area contributed by atoms with E-state index in [1.807, 2.05) is 12.1 Å². The van der Waals surface area contributed by atoms with Crippen molar-refractivity contribution in [2.75, 3.05) is 5.73 Å². The fraction of sp³-hybridized carbons (Fsp3) is 0. The third-order valence-electron chi connectivity index (χ3n) is 1.09. The first-order valence-electron chi connectivity index (χ1n) is 2.51. The highest BCUT2D eigenvalue weighted by atomic mass is 79.9. The van der Waals surface area contributed by atoms with Crippen LogP contribution in [0.2, 0.25) is 0 Å². The Hall–Kier alpha value is -0.435. The molecule has 0 spiro atoms. The highest BCUT2D eigenvalue weighted by Gasteiger charge is 1.94. The van der Waals surface area contributed by atoms with Crippen molar-refractivity contribution in [1.82, 2.24) is 0 Å². The predicted molar refractivity (Wildman–Crippen MR) is 43.9 cm³/mol. The van der Waals surface area contributed by atoms with Crippen LogP contribution in [0.25, 0.3) is 0 Å². The maximum Gasteiger partial charge on any atom is 0.116 e. The van der Waals surface area contributed by atoms with Crippen molar-refractivity contribution in [2.24, 2.45) is 0 Å². The van der Waals surface area contributed by atoms with Gasteiger partial charge in [-0.3, -0.25) is 0 Å². The van der Waals surface area contributed by atoms with Crippen molar-refractivity contribution in [3.63, 3.8) is 0 Å². The van der Waals surface area contributed by atoms with Crippen LogP contribution < -0.4 is 11.2 Å². The van der Waals surface area contributed by atoms with Crippen LogP contribution in [0.15, 0.2) is 22.7 Å². The van der Waals surface area contributed by atoms with Crippen LogP contribution in [-0.4, -0.2) is 7.85 Å². The highest BCUT2D eigenvalue weighted by molar-refractivity contribution is 9.10. The topological polar surface area (TPSA) is 26.0 Å². The first kappa shape index (κ1) is 6.68. The molecule has 0 aliphatic rings. The van der Waals surface area contributed by atoms with Crippen molar-refractivity contribution in [2.45, 2.75) is 0 Å². The van der Waals surface area contributed by atoms with Gasteiger partial charge in [-0.1, -0.05) is 17.6 Å². The molecule has 2 N–H and O–H groups in total. The average Bonchev–Trinajstić information content (AvgIpc) is 1.83. The van der Waals surface area contributed by atoms with Crippen molar-refractivity contribution in [1.29, 1.82) is 0 Å². The zero-order valence-corrected chi connectivity index (χ0v) is 6.35. The lowest BCUT2D eigenvalue weighted by atomic mass is 9.95. The minimum atomic E-state index is 0.609. The third kappa shape index (κ3) is 1.27. The molecule has 0 fully saturated rings. The standard InChI is InChI=1S/C6H5BBrN/c7-4-2-1-3-5(8)6(4)9/h1-3H,9H2. The molecule has 0 atom stereocenters. The molecule has 9 heavy (non-hydrogen) atoms. The second-order valence-corrected chi connectivity index (χ2v) is 2.60. The van der Waals surface area contributed by atoms with E-state index >= 15 is 0 Å². The van der Waals surface area contributed by atoms with Crippen molar-refractivity contribution in [3.05, 3.63) is 22.7 Å². The van der Waals surface area contributed by atoms with Gasteiger partial charge in [0.25, 0.3) is 0 Å². The molecular formula is C6H5BBrN. The lowest BCUT2D eigenvalue weighted by molar-refractivity contribution is 1.68. The van der Waals surface area contributed by atoms with Gasteiger partial charge >= 0.3 is 0 Å². The number of benzene rings is 1. The van der Waals surface area contributed by atoms with Gasteiger partial charge in [0.1, 0.15) is 7.85 Å². The largest absolute Gasteiger partial charge is 0.398 e. The summed E-state index contributed by atoms with van der Waals surface area (Å²) in [7, 11) is 5.47. The van der Waals surface area contributed by atoms with Crippen LogP contribution in [0.3, 0.4) is 0 Å². The molecule has 1 aromatic rings. The Kier molecular flexibility index (Phi) is 1.81. The molecule has 0 aromatic heterocycles. The maximum atomic E-state index is 5.51. The van der Waals surface area contributed by atoms with E-state index in [9.17, 15) is 0 Å². The molecule has 3 heteroatoms. The summed E-state index contributed by atoms with van der Waals surface area (Å²) in [6.45, 7) is 0. The van der Waals surface area contributed by atoms with Gasteiger partial charge in [0.15, 0.2) is 0 Å². The lowest BCUT2D eigenvalue weighted by Crippen LogP contribution is -2.08. The second-order valence-electron chi connectivity index (χ2n) is 1.74. The van der Waals surface area contributed by atoms with Gasteiger partial charge in [-0.2, -0.15) is 0 Å². The fourth-order valence-electron chi connectivity index (χ4n) is 0.554. The van der Waals surface area contributed by atoms with Crippen LogP contribution in [0.4, 0.5) is 5.69 Å². The first-order chi connectivity index (χ1) is 4.22. The number of hydrogen-bond donors (Lipinski definition) is 1. The summed E-state index contributed by atoms with van der Waals surface area (Å²) in [5.41, 5.74) is 6.73. The first-order valence-corrected chi connectivity index (χ1v) is 3.30. The van der Waals surface area contributed by atoms with Crippen LogP contribution >= 0.6 is 15.9 Å². The summed E-state index contributed by atoms with van der Waals surface area (Å²) in [5.74, 6) is 0. The molecule has 0 heterocycles. The number of nitrogens with two attached hydrogens (primary N) is 1. The Morgan fingerprint density at radius 2 is 2.11 bits per heavy atom. The average molecular weight is 182 g/mol. The molecule has 0 aliphatic heterocycles. The molecule has 1 rings (SSSR count). The van der Waals surface area contributed by atoms with Gasteiger partial charge in [-0.25, -0.2) is 0 Å². The Balaban J connectivity index is 3.25. The summed E-state index contributed by atoms with van der Waals surface area (Å²) >= 11 is 3.24. The molecule has 0 bridgehead atoms. The summed E-state index contributed by atoms with van der Waals surface area (Å²) in [4.78, 5) is 0. The normalized spacial score (nSPS) is 9.44. The summed E-state index contributed by atoms with van der Waals surface area (Å²) in [5, 5.41) is 0. The van der Waals surface area contributed by atoms with Crippen LogP contribution in [0.5, 0.6) is 0 Å². The molecule has 2 radical (unpaired) electrons. The van der Waals surface area contributed by atoms with E-state index in [0.29, 0.717) is 11.2 Å². The summed E-state index contributed by atoms with van der Waals surface area (Å²) in [6, 6.07) is 5.46. The van der Waals surface area contributed by atoms with E-state index in [1.165, 1.54) is 0 Å².